The number of methoxy groups -OCH3 is 1. The van der Waals surface area contributed by atoms with Crippen molar-refractivity contribution < 1.29 is 19.0 Å². The Hall–Kier alpha value is -3.98. The fraction of sp³-hybridized carbons (Fsp3) is 0.276. The Kier molecular flexibility index (Phi) is 7.55. The Balaban J connectivity index is 1.53. The highest BCUT2D eigenvalue weighted by molar-refractivity contribution is 8.00. The molecule has 1 atom stereocenters. The number of aryl methyl sites for hydroxylation is 1. The number of nitrogens with one attached hydrogen (secondary N) is 1. The lowest BCUT2D eigenvalue weighted by molar-refractivity contribution is -0.115. The fourth-order valence-corrected chi connectivity index (χ4v) is 5.36. The van der Waals surface area contributed by atoms with Gasteiger partial charge in [-0.05, 0) is 48.2 Å². The minimum Gasteiger partial charge on any atom is -0.497 e. The molecule has 4 aromatic rings. The van der Waals surface area contributed by atoms with Crippen molar-refractivity contribution in [2.45, 2.75) is 43.6 Å². The molecule has 3 aromatic carbocycles. The van der Waals surface area contributed by atoms with E-state index in [4.69, 9.17) is 19.2 Å². The number of nitrogens with zero attached hydrogens (tertiary/aromatic N) is 2. The summed E-state index contributed by atoms with van der Waals surface area (Å²) in [6.45, 7) is 4.40. The molecule has 1 aromatic heterocycles. The second-order valence-electron chi connectivity index (χ2n) is 8.87. The van der Waals surface area contributed by atoms with Crippen molar-refractivity contribution in [3.05, 3.63) is 82.1 Å². The third-order valence-electron chi connectivity index (χ3n) is 6.48. The van der Waals surface area contributed by atoms with Crippen LogP contribution in [0.15, 0.2) is 70.6 Å². The van der Waals surface area contributed by atoms with Gasteiger partial charge in [-0.1, -0.05) is 55.9 Å². The van der Waals surface area contributed by atoms with Crippen LogP contribution in [0.1, 0.15) is 31.4 Å². The summed E-state index contributed by atoms with van der Waals surface area (Å²) in [5.41, 5.74) is 3.06. The Bertz CT molecular complexity index is 1530. The van der Waals surface area contributed by atoms with Gasteiger partial charge in [-0.3, -0.25) is 14.2 Å². The van der Waals surface area contributed by atoms with E-state index in [1.807, 2.05) is 55.5 Å². The molecule has 0 bridgehead atoms. The second kappa shape index (κ2) is 11.2. The number of hydrogen-bond donors (Lipinski definition) is 1. The molecule has 0 spiro atoms. The van der Waals surface area contributed by atoms with E-state index in [9.17, 15) is 9.59 Å². The number of aromatic nitrogens is 2. The molecule has 0 saturated heterocycles. The molecule has 0 radical (unpaired) electrons. The van der Waals surface area contributed by atoms with E-state index in [2.05, 4.69) is 12.2 Å². The first-order valence-electron chi connectivity index (χ1n) is 12.5. The van der Waals surface area contributed by atoms with Crippen molar-refractivity contribution in [2.24, 2.45) is 0 Å². The number of ether oxygens (including phenoxy) is 3. The second-order valence-corrected chi connectivity index (χ2v) is 10.0. The standard InChI is InChI=1S/C29H29N3O5S/c1-4-19-8-6-7-9-22(19)30-27(33)26(5-2)38-29-31-23-15-25-24(36-17-37-25)14-21(23)28(34)32(29)16-18-10-12-20(35-3)13-11-18/h6-15,26H,4-5,16-17H2,1-3H3,(H,30,33)/t26-/m1/s1. The first-order valence-corrected chi connectivity index (χ1v) is 13.4. The molecule has 1 N–H and O–H groups in total. The molecule has 0 aliphatic carbocycles. The first-order chi connectivity index (χ1) is 18.5. The molecule has 9 heteroatoms. The molecule has 1 aliphatic rings. The number of carbonyl (C=O) groups is 1. The molecule has 1 aliphatic heterocycles. The zero-order valence-corrected chi connectivity index (χ0v) is 22.3. The lowest BCUT2D eigenvalue weighted by Crippen LogP contribution is -2.28. The zero-order chi connectivity index (χ0) is 26.6. The Morgan fingerprint density at radius 3 is 2.55 bits per heavy atom. The van der Waals surface area contributed by atoms with Gasteiger partial charge in [-0.2, -0.15) is 0 Å². The van der Waals surface area contributed by atoms with Crippen molar-refractivity contribution in [1.82, 2.24) is 9.55 Å². The molecule has 8 nitrogen and oxygen atoms in total. The average molecular weight is 532 g/mol. The molecule has 0 fully saturated rings. The predicted molar refractivity (Wildman–Crippen MR) is 149 cm³/mol. The van der Waals surface area contributed by atoms with Crippen LogP contribution in [0.4, 0.5) is 5.69 Å². The van der Waals surface area contributed by atoms with Crippen LogP contribution in [0.5, 0.6) is 17.2 Å². The molecule has 5 rings (SSSR count). The molecule has 2 heterocycles. The highest BCUT2D eigenvalue weighted by Gasteiger charge is 2.24. The summed E-state index contributed by atoms with van der Waals surface area (Å²) >= 11 is 1.29. The number of hydrogen-bond acceptors (Lipinski definition) is 7. The first kappa shape index (κ1) is 25.7. The van der Waals surface area contributed by atoms with Gasteiger partial charge in [-0.15, -0.1) is 0 Å². The molecule has 1 amide bonds. The summed E-state index contributed by atoms with van der Waals surface area (Å²) in [5.74, 6) is 1.67. The average Bonchev–Trinajstić information content (AvgIpc) is 3.40. The van der Waals surface area contributed by atoms with Crippen molar-refractivity contribution in [3.8, 4) is 17.2 Å². The third kappa shape index (κ3) is 5.19. The van der Waals surface area contributed by atoms with Crippen LogP contribution in [0.2, 0.25) is 0 Å². The number of rotatable bonds is 9. The largest absolute Gasteiger partial charge is 0.497 e. The van der Waals surface area contributed by atoms with Crippen LogP contribution < -0.4 is 25.1 Å². The van der Waals surface area contributed by atoms with Crippen molar-refractivity contribution >= 4 is 34.3 Å². The van der Waals surface area contributed by atoms with E-state index < -0.39 is 5.25 Å². The van der Waals surface area contributed by atoms with Gasteiger partial charge in [0.05, 0.1) is 29.8 Å². The normalized spacial score (nSPS) is 12.9. The Labute approximate surface area is 224 Å². The van der Waals surface area contributed by atoms with E-state index >= 15 is 0 Å². The summed E-state index contributed by atoms with van der Waals surface area (Å²) in [5, 5.41) is 3.51. The zero-order valence-electron chi connectivity index (χ0n) is 21.5. The minimum atomic E-state index is -0.458. The van der Waals surface area contributed by atoms with Gasteiger partial charge in [0.1, 0.15) is 5.75 Å². The van der Waals surface area contributed by atoms with Crippen molar-refractivity contribution in [2.75, 3.05) is 19.2 Å². The van der Waals surface area contributed by atoms with Gasteiger partial charge in [0, 0.05) is 11.8 Å². The van der Waals surface area contributed by atoms with Crippen molar-refractivity contribution in [1.29, 1.82) is 0 Å². The van der Waals surface area contributed by atoms with Crippen molar-refractivity contribution in [3.63, 3.8) is 0 Å². The third-order valence-corrected chi connectivity index (χ3v) is 7.83. The molecule has 0 unspecified atom stereocenters. The lowest BCUT2D eigenvalue weighted by Gasteiger charge is -2.19. The maximum absolute atomic E-state index is 13.8. The molecular weight excluding hydrogens is 502 g/mol. The molecule has 0 saturated carbocycles. The number of amides is 1. The number of carbonyl (C=O) groups excluding carboxylic acids is 1. The van der Waals surface area contributed by atoms with Crippen LogP contribution >= 0.6 is 11.8 Å². The van der Waals surface area contributed by atoms with Crippen LogP contribution in [0.3, 0.4) is 0 Å². The monoisotopic (exact) mass is 531 g/mol. The van der Waals surface area contributed by atoms with Crippen LogP contribution in [0.25, 0.3) is 10.9 Å². The minimum absolute atomic E-state index is 0.102. The number of anilines is 1. The number of thioether (sulfide) groups is 1. The van der Waals surface area contributed by atoms with Gasteiger partial charge in [0.2, 0.25) is 12.7 Å². The summed E-state index contributed by atoms with van der Waals surface area (Å²) < 4.78 is 17.9. The van der Waals surface area contributed by atoms with Gasteiger partial charge in [0.15, 0.2) is 16.7 Å². The lowest BCUT2D eigenvalue weighted by atomic mass is 10.1. The van der Waals surface area contributed by atoms with Gasteiger partial charge < -0.3 is 19.5 Å². The summed E-state index contributed by atoms with van der Waals surface area (Å²) in [6, 6.07) is 18.7. The maximum atomic E-state index is 13.8. The number of fused-ring (bicyclic) bond motifs is 2. The maximum Gasteiger partial charge on any atom is 0.262 e. The van der Waals surface area contributed by atoms with Crippen LogP contribution in [0, 0.1) is 0 Å². The quantitative estimate of drug-likeness (QED) is 0.233. The van der Waals surface area contributed by atoms with E-state index in [0.29, 0.717) is 40.5 Å². The van der Waals surface area contributed by atoms with Crippen LogP contribution in [-0.4, -0.2) is 34.6 Å². The fourth-order valence-electron chi connectivity index (χ4n) is 4.35. The van der Waals surface area contributed by atoms with Gasteiger partial charge in [0.25, 0.3) is 5.56 Å². The Morgan fingerprint density at radius 1 is 1.11 bits per heavy atom. The highest BCUT2D eigenvalue weighted by Crippen LogP contribution is 2.36. The smallest absolute Gasteiger partial charge is 0.262 e. The van der Waals surface area contributed by atoms with E-state index in [-0.39, 0.29) is 18.3 Å². The van der Waals surface area contributed by atoms with E-state index in [0.717, 1.165) is 29.0 Å². The highest BCUT2D eigenvalue weighted by atomic mass is 32.2. The predicted octanol–water partition coefficient (Wildman–Crippen LogP) is 5.25. The summed E-state index contributed by atoms with van der Waals surface area (Å²) in [4.78, 5) is 32.0. The summed E-state index contributed by atoms with van der Waals surface area (Å²) in [7, 11) is 1.61. The van der Waals surface area contributed by atoms with Crippen LogP contribution in [-0.2, 0) is 17.8 Å². The van der Waals surface area contributed by atoms with Gasteiger partial charge in [-0.25, -0.2) is 4.98 Å². The molecule has 196 valence electrons. The number of para-hydroxylation sites is 1. The Morgan fingerprint density at radius 2 is 1.84 bits per heavy atom. The van der Waals surface area contributed by atoms with E-state index in [1.54, 1.807) is 23.8 Å². The topological polar surface area (TPSA) is 91.7 Å². The molecule has 38 heavy (non-hydrogen) atoms. The number of benzene rings is 3. The van der Waals surface area contributed by atoms with E-state index in [1.165, 1.54) is 11.8 Å². The SMILES string of the molecule is CCc1ccccc1NC(=O)[C@@H](CC)Sc1nc2cc3c(cc2c(=O)n1Cc1ccc(OC)cc1)OCO3. The summed E-state index contributed by atoms with van der Waals surface area (Å²) in [6.07, 6.45) is 1.37. The molecular formula is C29H29N3O5S. The van der Waals surface area contributed by atoms with Gasteiger partial charge >= 0.3 is 0 Å².